The Morgan fingerprint density at radius 2 is 0.800 bits per heavy atom. The molecule has 80 heavy (non-hydrogen) atoms. The molecule has 3 heteroatoms. The van der Waals surface area contributed by atoms with Crippen LogP contribution in [0.2, 0.25) is 0 Å². The van der Waals surface area contributed by atoms with Gasteiger partial charge >= 0.3 is 0 Å². The van der Waals surface area contributed by atoms with E-state index in [2.05, 4.69) is 308 Å². The van der Waals surface area contributed by atoms with Crippen molar-refractivity contribution in [2.75, 3.05) is 9.80 Å². The topological polar surface area (TPSA) is 6.48 Å². The average molecular weight is 1050 g/mol. The maximum atomic E-state index is 2.74. The van der Waals surface area contributed by atoms with Crippen LogP contribution in [-0.2, 0) is 32.5 Å². The summed E-state index contributed by atoms with van der Waals surface area (Å²) in [6.45, 7) is 35.9. The van der Waals surface area contributed by atoms with Gasteiger partial charge in [-0.15, -0.1) is 0 Å². The van der Waals surface area contributed by atoms with Crippen LogP contribution in [0.1, 0.15) is 156 Å². The van der Waals surface area contributed by atoms with E-state index < -0.39 is 0 Å². The molecule has 9 aromatic carbocycles. The first-order chi connectivity index (χ1) is 37.8. The molecule has 0 fully saturated rings. The number of rotatable bonds is 7. The highest BCUT2D eigenvalue weighted by Crippen LogP contribution is 2.53. The molecule has 9 aromatic rings. The van der Waals surface area contributed by atoms with Gasteiger partial charge in [0, 0.05) is 39.4 Å². The summed E-state index contributed by atoms with van der Waals surface area (Å²) in [5, 5.41) is 0. The molecular weight excluding hydrogens is 964 g/mol. The minimum absolute atomic E-state index is 0.00930. The van der Waals surface area contributed by atoms with Crippen LogP contribution >= 0.6 is 0 Å². The second kappa shape index (κ2) is 18.9. The lowest BCUT2D eigenvalue weighted by Crippen LogP contribution is -2.62. The van der Waals surface area contributed by atoms with E-state index in [1.54, 1.807) is 0 Å². The number of benzene rings is 9. The summed E-state index contributed by atoms with van der Waals surface area (Å²) >= 11 is 0. The summed E-state index contributed by atoms with van der Waals surface area (Å²) < 4.78 is 0. The lowest BCUT2D eigenvalue weighted by Gasteiger charge is -2.48. The molecule has 0 bridgehead atoms. The second-order valence-electron chi connectivity index (χ2n) is 28.6. The lowest BCUT2D eigenvalue weighted by molar-refractivity contribution is 0.332. The van der Waals surface area contributed by atoms with Crippen molar-refractivity contribution in [2.45, 2.75) is 149 Å². The minimum atomic E-state index is -0.253. The molecule has 1 aliphatic carbocycles. The van der Waals surface area contributed by atoms with E-state index in [9.17, 15) is 0 Å². The van der Waals surface area contributed by atoms with Crippen LogP contribution in [0.5, 0.6) is 0 Å². The lowest BCUT2D eigenvalue weighted by atomic mass is 9.32. The summed E-state index contributed by atoms with van der Waals surface area (Å²) in [4.78, 5) is 5.36. The van der Waals surface area contributed by atoms with E-state index in [-0.39, 0.29) is 39.2 Å². The molecule has 0 saturated carbocycles. The van der Waals surface area contributed by atoms with Crippen LogP contribution < -0.4 is 26.2 Å². The predicted octanol–water partition coefficient (Wildman–Crippen LogP) is 19.3. The normalized spacial score (nSPS) is 15.5. The molecule has 2 aliphatic heterocycles. The van der Waals surface area contributed by atoms with Crippen molar-refractivity contribution < 1.29 is 0 Å². The Morgan fingerprint density at radius 3 is 1.35 bits per heavy atom. The molecule has 3 aliphatic rings. The summed E-state index contributed by atoms with van der Waals surface area (Å²) in [7, 11) is 0. The van der Waals surface area contributed by atoms with Crippen LogP contribution in [-0.4, -0.2) is 6.71 Å². The highest BCUT2D eigenvalue weighted by atomic mass is 15.2. The van der Waals surface area contributed by atoms with Crippen molar-refractivity contribution in [3.63, 3.8) is 0 Å². The Morgan fingerprint density at radius 1 is 0.338 bits per heavy atom. The fraction of sp³-hybridized carbons (Fsp3) is 0.299. The Bertz CT molecular complexity index is 3780. The molecule has 0 atom stereocenters. The Hall–Kier alpha value is -7.36. The Kier molecular flexibility index (Phi) is 12.6. The first kappa shape index (κ1) is 53.3. The van der Waals surface area contributed by atoms with Gasteiger partial charge in [0.25, 0.3) is 6.71 Å². The van der Waals surface area contributed by atoms with Crippen molar-refractivity contribution in [1.29, 1.82) is 0 Å². The zero-order valence-electron chi connectivity index (χ0n) is 50.4. The molecule has 402 valence electrons. The van der Waals surface area contributed by atoms with Gasteiger partial charge < -0.3 is 9.80 Å². The highest BCUT2D eigenvalue weighted by molar-refractivity contribution is 7.00. The third kappa shape index (κ3) is 9.14. The van der Waals surface area contributed by atoms with E-state index in [1.807, 2.05) is 0 Å². The fourth-order valence-corrected chi connectivity index (χ4v) is 13.4. The molecule has 12 rings (SSSR count). The fourth-order valence-electron chi connectivity index (χ4n) is 13.4. The van der Waals surface area contributed by atoms with Crippen molar-refractivity contribution in [3.05, 3.63) is 233 Å². The number of nitrogens with zero attached hydrogens (tertiary/aromatic N) is 2. The summed E-state index contributed by atoms with van der Waals surface area (Å²) in [6.07, 6.45) is 2.27. The van der Waals surface area contributed by atoms with Gasteiger partial charge in [0.15, 0.2) is 0 Å². The van der Waals surface area contributed by atoms with Gasteiger partial charge in [-0.05, 0) is 190 Å². The Labute approximate surface area is 480 Å². The van der Waals surface area contributed by atoms with E-state index in [0.29, 0.717) is 0 Å². The Balaban J connectivity index is 1.23. The quantitative estimate of drug-likeness (QED) is 0.147. The monoisotopic (exact) mass is 1040 g/mol. The molecule has 0 N–H and O–H groups in total. The molecule has 0 amide bonds. The van der Waals surface area contributed by atoms with Crippen molar-refractivity contribution in [3.8, 4) is 33.4 Å². The van der Waals surface area contributed by atoms with Gasteiger partial charge in [0.05, 0.1) is 5.69 Å². The van der Waals surface area contributed by atoms with Crippen LogP contribution in [0, 0.1) is 0 Å². The summed E-state index contributed by atoms with van der Waals surface area (Å²) in [6, 6.07) is 75.2. The maximum Gasteiger partial charge on any atom is 0.252 e. The molecule has 0 saturated heterocycles. The first-order valence-corrected chi connectivity index (χ1v) is 29.5. The smallest absolute Gasteiger partial charge is 0.252 e. The molecule has 0 spiro atoms. The molecule has 2 nitrogen and oxygen atoms in total. The van der Waals surface area contributed by atoms with E-state index in [1.165, 1.54) is 123 Å². The first-order valence-electron chi connectivity index (χ1n) is 29.5. The molecule has 2 heterocycles. The van der Waals surface area contributed by atoms with Gasteiger partial charge in [-0.2, -0.15) is 0 Å². The third-order valence-electron chi connectivity index (χ3n) is 18.7. The van der Waals surface area contributed by atoms with Gasteiger partial charge in [0.1, 0.15) is 0 Å². The number of fused-ring (bicyclic) bond motifs is 5. The minimum Gasteiger partial charge on any atom is -0.311 e. The summed E-state index contributed by atoms with van der Waals surface area (Å²) in [5.74, 6) is 0. The standard InChI is InChI=1S/C77H81BN2/c1-72(2,3)55-31-35-60(36-32-55)79-67-38-34-58(77(14,15)56-29-23-18-24-30-56)45-64(67)78-65-48-62-63(76(12,13)40-39-75(62,10)11)49-68(65)80(70-47-59(74(7,8)9)46-69(79)71(70)78)66-37-33-57(73(4,5)6)44-61(66)54-42-52(50-25-19-16-20-26-50)41-53(43-54)51-27-21-17-22-28-51/h16-38,41-49H,39-40H2,1-15H3. The highest BCUT2D eigenvalue weighted by Gasteiger charge is 2.48. The predicted molar refractivity (Wildman–Crippen MR) is 347 cm³/mol. The molecule has 0 radical (unpaired) electrons. The molecular formula is C77H81BN2. The van der Waals surface area contributed by atoms with E-state index in [4.69, 9.17) is 0 Å². The van der Waals surface area contributed by atoms with Gasteiger partial charge in [-0.25, -0.2) is 0 Å². The average Bonchev–Trinajstić information content (AvgIpc) is 3.57. The summed E-state index contributed by atoms with van der Waals surface area (Å²) in [5.41, 5.74) is 27.7. The molecule has 0 aromatic heterocycles. The largest absolute Gasteiger partial charge is 0.311 e. The zero-order valence-corrected chi connectivity index (χ0v) is 50.4. The van der Waals surface area contributed by atoms with Crippen molar-refractivity contribution in [1.82, 2.24) is 0 Å². The molecule has 0 unspecified atom stereocenters. The zero-order chi connectivity index (χ0) is 56.5. The van der Waals surface area contributed by atoms with E-state index >= 15 is 0 Å². The maximum absolute atomic E-state index is 2.74. The van der Waals surface area contributed by atoms with E-state index in [0.717, 1.165) is 12.8 Å². The SMILES string of the molecule is CC(C)(C)c1ccc(N2c3ccc(C(C)(C)c4ccccc4)cc3B3c4cc5c(cc4N(c4ccc(C(C)(C)C)cc4-c4cc(-c6ccccc6)cc(-c6ccccc6)c4)c4cc(C(C)(C)C)cc2c43)C(C)(C)CCC5(C)C)cc1. The number of anilines is 6. The van der Waals surface area contributed by atoms with Crippen LogP contribution in [0.15, 0.2) is 194 Å². The van der Waals surface area contributed by atoms with Crippen LogP contribution in [0.3, 0.4) is 0 Å². The van der Waals surface area contributed by atoms with Gasteiger partial charge in [-0.3, -0.25) is 0 Å². The van der Waals surface area contributed by atoms with Gasteiger partial charge in [-0.1, -0.05) is 231 Å². The van der Waals surface area contributed by atoms with Crippen molar-refractivity contribution in [2.24, 2.45) is 0 Å². The number of hydrogen-bond acceptors (Lipinski definition) is 2. The van der Waals surface area contributed by atoms with Gasteiger partial charge in [0.2, 0.25) is 0 Å². The van der Waals surface area contributed by atoms with Crippen LogP contribution in [0.4, 0.5) is 34.1 Å². The van der Waals surface area contributed by atoms with Crippen LogP contribution in [0.25, 0.3) is 33.4 Å². The van der Waals surface area contributed by atoms with Crippen molar-refractivity contribution >= 4 is 57.2 Å². The second-order valence-corrected chi connectivity index (χ2v) is 28.6. The third-order valence-corrected chi connectivity index (χ3v) is 18.7. The number of hydrogen-bond donors (Lipinski definition) is 0.